The van der Waals surface area contributed by atoms with Crippen molar-refractivity contribution in [2.75, 3.05) is 24.6 Å². The Hall–Kier alpha value is -3.13. The number of nitro benzene ring substituents is 1. The number of nitro groups is 1. The van der Waals surface area contributed by atoms with Crippen molar-refractivity contribution in [3.63, 3.8) is 0 Å². The molecule has 1 aliphatic heterocycles. The van der Waals surface area contributed by atoms with E-state index in [2.05, 4.69) is 0 Å². The molecule has 2 amide bonds. The molecule has 28 heavy (non-hydrogen) atoms. The second-order valence-electron chi connectivity index (χ2n) is 6.27. The predicted octanol–water partition coefficient (Wildman–Crippen LogP) is 2.89. The van der Waals surface area contributed by atoms with Gasteiger partial charge in [0.2, 0.25) is 5.91 Å². The first-order valence-corrected chi connectivity index (χ1v) is 8.98. The molecule has 146 valence electrons. The third kappa shape index (κ3) is 4.23. The van der Waals surface area contributed by atoms with Gasteiger partial charge in [-0.2, -0.15) is 0 Å². The van der Waals surface area contributed by atoms with E-state index >= 15 is 0 Å². The van der Waals surface area contributed by atoms with Crippen LogP contribution < -0.4 is 9.64 Å². The summed E-state index contributed by atoms with van der Waals surface area (Å²) < 4.78 is 5.47. The summed E-state index contributed by atoms with van der Waals surface area (Å²) in [6, 6.07) is 11.8. The van der Waals surface area contributed by atoms with E-state index in [0.717, 1.165) is 0 Å². The number of ether oxygens (including phenoxy) is 1. The summed E-state index contributed by atoms with van der Waals surface area (Å²) in [5, 5.41) is 11.3. The monoisotopic (exact) mass is 403 g/mol. The average Bonchev–Trinajstić information content (AvgIpc) is 2.69. The van der Waals surface area contributed by atoms with Gasteiger partial charge in [-0.05, 0) is 43.3 Å². The van der Waals surface area contributed by atoms with Crippen molar-refractivity contribution in [3.05, 3.63) is 63.7 Å². The highest BCUT2D eigenvalue weighted by molar-refractivity contribution is 6.30. The zero-order valence-electron chi connectivity index (χ0n) is 15.1. The van der Waals surface area contributed by atoms with Gasteiger partial charge < -0.3 is 14.5 Å². The number of anilines is 1. The zero-order valence-corrected chi connectivity index (χ0v) is 15.8. The maximum absolute atomic E-state index is 12.7. The molecule has 1 fully saturated rings. The largest absolute Gasteiger partial charge is 0.484 e. The molecule has 0 N–H and O–H groups in total. The fraction of sp³-hybridized carbons (Fsp3) is 0.263. The molecule has 0 saturated carbocycles. The summed E-state index contributed by atoms with van der Waals surface area (Å²) in [4.78, 5) is 38.5. The number of hydrogen-bond acceptors (Lipinski definition) is 5. The van der Waals surface area contributed by atoms with Crippen LogP contribution in [0.15, 0.2) is 48.5 Å². The van der Waals surface area contributed by atoms with Crippen molar-refractivity contribution in [1.82, 2.24) is 4.90 Å². The quantitative estimate of drug-likeness (QED) is 0.565. The topological polar surface area (TPSA) is 93.0 Å². The van der Waals surface area contributed by atoms with Crippen molar-refractivity contribution < 1.29 is 19.2 Å². The van der Waals surface area contributed by atoms with Crippen molar-refractivity contribution in [3.8, 4) is 5.75 Å². The highest BCUT2D eigenvalue weighted by Crippen LogP contribution is 2.23. The van der Waals surface area contributed by atoms with Crippen LogP contribution in [0.3, 0.4) is 0 Å². The fourth-order valence-electron chi connectivity index (χ4n) is 2.98. The van der Waals surface area contributed by atoms with Crippen molar-refractivity contribution >= 4 is 34.8 Å². The lowest BCUT2D eigenvalue weighted by Crippen LogP contribution is -2.58. The lowest BCUT2D eigenvalue weighted by Gasteiger charge is -2.39. The van der Waals surface area contributed by atoms with Crippen molar-refractivity contribution in [2.24, 2.45) is 0 Å². The Morgan fingerprint density at radius 3 is 2.43 bits per heavy atom. The first kappa shape index (κ1) is 19.6. The number of nitrogens with zero attached hydrogens (tertiary/aromatic N) is 3. The Bertz CT molecular complexity index is 885. The number of hydrogen-bond donors (Lipinski definition) is 0. The Balaban J connectivity index is 1.62. The maximum atomic E-state index is 12.7. The molecule has 1 heterocycles. The predicted molar refractivity (Wildman–Crippen MR) is 104 cm³/mol. The van der Waals surface area contributed by atoms with E-state index in [1.165, 1.54) is 34.1 Å². The Morgan fingerprint density at radius 2 is 1.82 bits per heavy atom. The van der Waals surface area contributed by atoms with Crippen LogP contribution in [0.2, 0.25) is 5.02 Å². The third-order valence-corrected chi connectivity index (χ3v) is 4.78. The number of non-ortho nitro benzene ring substituents is 1. The number of amides is 2. The molecule has 2 aromatic rings. The summed E-state index contributed by atoms with van der Waals surface area (Å²) in [5.74, 6) is -0.0275. The van der Waals surface area contributed by atoms with Crippen LogP contribution in [0.1, 0.15) is 6.92 Å². The molecule has 8 nitrogen and oxygen atoms in total. The van der Waals surface area contributed by atoms with Crippen LogP contribution in [0.5, 0.6) is 5.75 Å². The lowest BCUT2D eigenvalue weighted by atomic mass is 10.1. The van der Waals surface area contributed by atoms with E-state index in [1.54, 1.807) is 31.2 Å². The van der Waals surface area contributed by atoms with Gasteiger partial charge in [0.1, 0.15) is 11.8 Å². The summed E-state index contributed by atoms with van der Waals surface area (Å²) in [6.07, 6.45) is 0. The molecule has 0 bridgehead atoms. The van der Waals surface area contributed by atoms with Gasteiger partial charge >= 0.3 is 0 Å². The van der Waals surface area contributed by atoms with Crippen molar-refractivity contribution in [1.29, 1.82) is 0 Å². The van der Waals surface area contributed by atoms with Crippen molar-refractivity contribution in [2.45, 2.75) is 13.0 Å². The first-order valence-electron chi connectivity index (χ1n) is 8.60. The highest BCUT2D eigenvalue weighted by atomic mass is 35.5. The molecule has 1 aliphatic rings. The number of carbonyl (C=O) groups is 2. The van der Waals surface area contributed by atoms with Gasteiger partial charge in [-0.3, -0.25) is 19.7 Å². The van der Waals surface area contributed by atoms with Gasteiger partial charge in [0.25, 0.3) is 11.6 Å². The fourth-order valence-corrected chi connectivity index (χ4v) is 3.11. The number of piperazine rings is 1. The zero-order chi connectivity index (χ0) is 20.3. The molecular weight excluding hydrogens is 386 g/mol. The van der Waals surface area contributed by atoms with Gasteiger partial charge in [-0.25, -0.2) is 0 Å². The Kier molecular flexibility index (Phi) is 5.79. The van der Waals surface area contributed by atoms with E-state index in [4.69, 9.17) is 16.3 Å². The van der Waals surface area contributed by atoms with E-state index in [1.807, 2.05) is 0 Å². The summed E-state index contributed by atoms with van der Waals surface area (Å²) in [5.41, 5.74) is 0.518. The normalized spacial score (nSPS) is 16.8. The molecule has 3 rings (SSSR count). The number of benzene rings is 2. The molecule has 0 unspecified atom stereocenters. The second kappa shape index (κ2) is 8.26. The van der Waals surface area contributed by atoms with E-state index in [0.29, 0.717) is 29.5 Å². The SMILES string of the molecule is C[C@@H]1C(=O)N(c2ccc([N+](=O)[O-])cc2)CCN1C(=O)COc1ccc(Cl)cc1. The maximum Gasteiger partial charge on any atom is 0.269 e. The molecule has 0 radical (unpaired) electrons. The Morgan fingerprint density at radius 1 is 1.18 bits per heavy atom. The van der Waals surface area contributed by atoms with Gasteiger partial charge in [0.05, 0.1) is 4.92 Å². The molecule has 0 spiro atoms. The molecule has 0 aromatic heterocycles. The average molecular weight is 404 g/mol. The Labute approximate surface area is 166 Å². The first-order chi connectivity index (χ1) is 13.4. The second-order valence-corrected chi connectivity index (χ2v) is 6.71. The van der Waals surface area contributed by atoms with Gasteiger partial charge in [0.15, 0.2) is 6.61 Å². The minimum Gasteiger partial charge on any atom is -0.484 e. The molecule has 0 aliphatic carbocycles. The minimum atomic E-state index is -0.662. The minimum absolute atomic E-state index is 0.0441. The lowest BCUT2D eigenvalue weighted by molar-refractivity contribution is -0.384. The van der Waals surface area contributed by atoms with Gasteiger partial charge in [0, 0.05) is 35.9 Å². The summed E-state index contributed by atoms with van der Waals surface area (Å²) in [7, 11) is 0. The van der Waals surface area contributed by atoms with Crippen LogP contribution in [0, 0.1) is 10.1 Å². The van der Waals surface area contributed by atoms with Crippen LogP contribution >= 0.6 is 11.6 Å². The smallest absolute Gasteiger partial charge is 0.269 e. The molecule has 1 saturated heterocycles. The van der Waals surface area contributed by atoms with Gasteiger partial charge in [-0.1, -0.05) is 11.6 Å². The summed E-state index contributed by atoms with van der Waals surface area (Å²) >= 11 is 5.81. The summed E-state index contributed by atoms with van der Waals surface area (Å²) in [6.45, 7) is 2.11. The van der Waals surface area contributed by atoms with E-state index in [9.17, 15) is 19.7 Å². The number of carbonyl (C=O) groups excluding carboxylic acids is 2. The van der Waals surface area contributed by atoms with Crippen LogP contribution in [0.4, 0.5) is 11.4 Å². The molecule has 9 heteroatoms. The molecular formula is C19H18ClN3O5. The number of halogens is 1. The van der Waals surface area contributed by atoms with E-state index in [-0.39, 0.29) is 24.1 Å². The van der Waals surface area contributed by atoms with Gasteiger partial charge in [-0.15, -0.1) is 0 Å². The van der Waals surface area contributed by atoms with Crippen LogP contribution in [-0.4, -0.2) is 47.4 Å². The molecule has 2 aromatic carbocycles. The van der Waals surface area contributed by atoms with Crippen LogP contribution in [0.25, 0.3) is 0 Å². The standard InChI is InChI=1S/C19H18ClN3O5/c1-13-19(25)22(15-4-6-16(7-5-15)23(26)27)11-10-21(13)18(24)12-28-17-8-2-14(20)3-9-17/h2-9,13H,10-12H2,1H3/t13-/m1/s1. The third-order valence-electron chi connectivity index (χ3n) is 4.52. The van der Waals surface area contributed by atoms with Crippen LogP contribution in [-0.2, 0) is 9.59 Å². The molecule has 1 atom stereocenters. The van der Waals surface area contributed by atoms with E-state index < -0.39 is 11.0 Å². The number of rotatable bonds is 5. The highest BCUT2D eigenvalue weighted by Gasteiger charge is 2.35.